The Labute approximate surface area is 170 Å². The summed E-state index contributed by atoms with van der Waals surface area (Å²) < 4.78 is 21.0. The van der Waals surface area contributed by atoms with Gasteiger partial charge in [-0.15, -0.1) is 0 Å². The van der Waals surface area contributed by atoms with Crippen molar-refractivity contribution in [2.24, 2.45) is 0 Å². The predicted octanol–water partition coefficient (Wildman–Crippen LogP) is 3.39. The Balaban J connectivity index is 1.87. The third-order valence-electron chi connectivity index (χ3n) is 4.38. The number of carbonyl (C=O) groups is 2. The summed E-state index contributed by atoms with van der Waals surface area (Å²) in [6, 6.07) is 11.1. The van der Waals surface area contributed by atoms with Crippen LogP contribution in [0.3, 0.4) is 0 Å². The van der Waals surface area contributed by atoms with Gasteiger partial charge in [-0.25, -0.2) is 0 Å². The van der Waals surface area contributed by atoms with E-state index in [4.69, 9.17) is 18.9 Å². The molecular formula is C22H27NO6. The minimum Gasteiger partial charge on any atom is -0.493 e. The average Bonchev–Trinajstić information content (AvgIpc) is 2.75. The summed E-state index contributed by atoms with van der Waals surface area (Å²) in [4.78, 5) is 24.1. The zero-order valence-electron chi connectivity index (χ0n) is 17.2. The number of rotatable bonds is 10. The first-order chi connectivity index (χ1) is 14.0. The number of aryl methyl sites for hydroxylation is 2. The highest BCUT2D eigenvalue weighted by molar-refractivity contribution is 5.93. The van der Waals surface area contributed by atoms with Crippen LogP contribution < -0.4 is 19.5 Å². The quantitative estimate of drug-likeness (QED) is 0.615. The third kappa shape index (κ3) is 6.14. The van der Waals surface area contributed by atoms with Crippen molar-refractivity contribution in [3.8, 4) is 17.2 Å². The first kappa shape index (κ1) is 22.1. The topological polar surface area (TPSA) is 83.1 Å². The van der Waals surface area contributed by atoms with Crippen LogP contribution in [0.2, 0.25) is 0 Å². The van der Waals surface area contributed by atoms with Crippen LogP contribution in [0, 0.1) is 0 Å². The van der Waals surface area contributed by atoms with Crippen LogP contribution in [-0.4, -0.2) is 39.8 Å². The lowest BCUT2D eigenvalue weighted by molar-refractivity contribution is -0.147. The van der Waals surface area contributed by atoms with E-state index in [-0.39, 0.29) is 18.9 Å². The molecule has 1 amide bonds. The lowest BCUT2D eigenvalue weighted by atomic mass is 10.1. The number of esters is 1. The minimum atomic E-state index is -0.460. The summed E-state index contributed by atoms with van der Waals surface area (Å²) in [5, 5.41) is 2.77. The van der Waals surface area contributed by atoms with Crippen LogP contribution in [0.5, 0.6) is 17.2 Å². The Hall–Kier alpha value is -3.22. The van der Waals surface area contributed by atoms with Gasteiger partial charge in [-0.05, 0) is 42.2 Å². The second-order valence-electron chi connectivity index (χ2n) is 6.25. The van der Waals surface area contributed by atoms with Crippen molar-refractivity contribution in [2.75, 3.05) is 33.3 Å². The van der Waals surface area contributed by atoms with Crippen LogP contribution in [0.4, 0.5) is 5.69 Å². The van der Waals surface area contributed by atoms with Gasteiger partial charge in [0.15, 0.2) is 18.1 Å². The number of hydrogen-bond donors (Lipinski definition) is 1. The largest absolute Gasteiger partial charge is 0.493 e. The fourth-order valence-corrected chi connectivity index (χ4v) is 2.88. The van der Waals surface area contributed by atoms with Crippen molar-refractivity contribution >= 4 is 17.6 Å². The van der Waals surface area contributed by atoms with E-state index in [1.807, 2.05) is 31.2 Å². The van der Waals surface area contributed by atoms with Gasteiger partial charge in [-0.3, -0.25) is 9.59 Å². The van der Waals surface area contributed by atoms with E-state index in [1.165, 1.54) is 21.3 Å². The number of amides is 1. The Morgan fingerprint density at radius 1 is 0.966 bits per heavy atom. The second-order valence-corrected chi connectivity index (χ2v) is 6.25. The predicted molar refractivity (Wildman–Crippen MR) is 110 cm³/mol. The number of methoxy groups -OCH3 is 3. The Morgan fingerprint density at radius 2 is 1.62 bits per heavy atom. The normalized spacial score (nSPS) is 10.2. The molecule has 156 valence electrons. The first-order valence-corrected chi connectivity index (χ1v) is 9.34. The molecule has 2 aromatic carbocycles. The molecule has 0 aromatic heterocycles. The van der Waals surface area contributed by atoms with Crippen LogP contribution in [0.25, 0.3) is 0 Å². The van der Waals surface area contributed by atoms with Crippen LogP contribution >= 0.6 is 0 Å². The number of carbonyl (C=O) groups excluding carboxylic acids is 2. The van der Waals surface area contributed by atoms with E-state index in [0.717, 1.165) is 23.2 Å². The van der Waals surface area contributed by atoms with Crippen LogP contribution in [0.15, 0.2) is 36.4 Å². The lowest BCUT2D eigenvalue weighted by Gasteiger charge is -2.14. The van der Waals surface area contributed by atoms with Gasteiger partial charge >= 0.3 is 5.97 Å². The number of para-hydroxylation sites is 1. The summed E-state index contributed by atoms with van der Waals surface area (Å²) in [5.74, 6) is 0.698. The lowest BCUT2D eigenvalue weighted by Crippen LogP contribution is -2.21. The van der Waals surface area contributed by atoms with E-state index in [2.05, 4.69) is 5.32 Å². The van der Waals surface area contributed by atoms with E-state index in [9.17, 15) is 9.59 Å². The molecular weight excluding hydrogens is 374 g/mol. The molecule has 2 rings (SSSR count). The molecule has 0 saturated carbocycles. The number of nitrogens with one attached hydrogen (secondary N) is 1. The van der Waals surface area contributed by atoms with E-state index in [1.54, 1.807) is 12.1 Å². The molecule has 0 fully saturated rings. The maximum atomic E-state index is 12.1. The molecule has 0 unspecified atom stereocenters. The zero-order chi connectivity index (χ0) is 21.2. The Morgan fingerprint density at radius 3 is 2.21 bits per heavy atom. The van der Waals surface area contributed by atoms with Gasteiger partial charge in [0.1, 0.15) is 0 Å². The molecule has 0 bridgehead atoms. The molecule has 0 aliphatic rings. The molecule has 7 heteroatoms. The number of hydrogen-bond acceptors (Lipinski definition) is 6. The van der Waals surface area contributed by atoms with Crippen molar-refractivity contribution in [2.45, 2.75) is 26.2 Å². The highest BCUT2D eigenvalue weighted by Gasteiger charge is 2.15. The maximum absolute atomic E-state index is 12.1. The fraction of sp³-hybridized carbons (Fsp3) is 0.364. The van der Waals surface area contributed by atoms with Gasteiger partial charge in [0.2, 0.25) is 5.75 Å². The van der Waals surface area contributed by atoms with Crippen molar-refractivity contribution in [1.82, 2.24) is 0 Å². The SMILES string of the molecule is CCc1ccccc1NC(=O)COC(=O)CCc1cc(OC)c(OC)c(OC)c1. The van der Waals surface area contributed by atoms with Crippen molar-refractivity contribution in [3.05, 3.63) is 47.5 Å². The highest BCUT2D eigenvalue weighted by atomic mass is 16.5. The summed E-state index contributed by atoms with van der Waals surface area (Å²) in [7, 11) is 4.59. The zero-order valence-corrected chi connectivity index (χ0v) is 17.2. The molecule has 0 aliphatic heterocycles. The van der Waals surface area contributed by atoms with Crippen LogP contribution in [-0.2, 0) is 27.2 Å². The maximum Gasteiger partial charge on any atom is 0.306 e. The van der Waals surface area contributed by atoms with E-state index in [0.29, 0.717) is 23.7 Å². The molecule has 7 nitrogen and oxygen atoms in total. The van der Waals surface area contributed by atoms with Gasteiger partial charge in [0, 0.05) is 12.1 Å². The Bertz CT molecular complexity index is 824. The average molecular weight is 401 g/mol. The first-order valence-electron chi connectivity index (χ1n) is 9.34. The summed E-state index contributed by atoms with van der Waals surface area (Å²) in [6.07, 6.45) is 1.33. The van der Waals surface area contributed by atoms with Crippen molar-refractivity contribution in [1.29, 1.82) is 0 Å². The van der Waals surface area contributed by atoms with Gasteiger partial charge in [-0.2, -0.15) is 0 Å². The molecule has 0 radical (unpaired) electrons. The fourth-order valence-electron chi connectivity index (χ4n) is 2.88. The molecule has 0 atom stereocenters. The summed E-state index contributed by atoms with van der Waals surface area (Å²) in [5.41, 5.74) is 2.58. The third-order valence-corrected chi connectivity index (χ3v) is 4.38. The molecule has 0 heterocycles. The van der Waals surface area contributed by atoms with Crippen molar-refractivity contribution in [3.63, 3.8) is 0 Å². The van der Waals surface area contributed by atoms with Crippen LogP contribution in [0.1, 0.15) is 24.5 Å². The van der Waals surface area contributed by atoms with Gasteiger partial charge in [-0.1, -0.05) is 25.1 Å². The van der Waals surface area contributed by atoms with E-state index < -0.39 is 5.97 Å². The van der Waals surface area contributed by atoms with Gasteiger partial charge in [0.05, 0.1) is 21.3 Å². The molecule has 2 aromatic rings. The smallest absolute Gasteiger partial charge is 0.306 e. The molecule has 1 N–H and O–H groups in total. The second kappa shape index (κ2) is 10.9. The number of anilines is 1. The van der Waals surface area contributed by atoms with Gasteiger partial charge in [0.25, 0.3) is 5.91 Å². The van der Waals surface area contributed by atoms with Gasteiger partial charge < -0.3 is 24.3 Å². The standard InChI is InChI=1S/C22H27NO6/c1-5-16-8-6-7-9-17(16)23-20(24)14-29-21(25)11-10-15-12-18(26-2)22(28-4)19(13-15)27-3/h6-9,12-13H,5,10-11,14H2,1-4H3,(H,23,24). The van der Waals surface area contributed by atoms with Crippen molar-refractivity contribution < 1.29 is 28.5 Å². The monoisotopic (exact) mass is 401 g/mol. The number of benzene rings is 2. The summed E-state index contributed by atoms with van der Waals surface area (Å²) in [6.45, 7) is 1.68. The number of ether oxygens (including phenoxy) is 4. The molecule has 29 heavy (non-hydrogen) atoms. The Kier molecular flexibility index (Phi) is 8.33. The molecule has 0 aliphatic carbocycles. The molecule has 0 spiro atoms. The summed E-state index contributed by atoms with van der Waals surface area (Å²) >= 11 is 0. The minimum absolute atomic E-state index is 0.122. The van der Waals surface area contributed by atoms with E-state index >= 15 is 0 Å². The highest BCUT2D eigenvalue weighted by Crippen LogP contribution is 2.38. The molecule has 0 saturated heterocycles.